The molecule has 1 saturated heterocycles. The number of carbonyl (C=O) groups is 1. The van der Waals surface area contributed by atoms with E-state index in [1.54, 1.807) is 25.3 Å². The third-order valence-electron chi connectivity index (χ3n) is 4.06. The van der Waals surface area contributed by atoms with Gasteiger partial charge in [-0.05, 0) is 23.8 Å². The standard InChI is InChI=1S/C19H26N2O4/c1-3-14-25-17-6-4-16(15-18(17)24-2)5-7-19(23)21-10-8-20(9-11-21)12-13-22/h3-7,15,22H,1,8-14H2,2H3/b7-5+. The van der Waals surface area contributed by atoms with Gasteiger partial charge < -0.3 is 19.5 Å². The second-order valence-electron chi connectivity index (χ2n) is 5.73. The number of carbonyl (C=O) groups excluding carboxylic acids is 1. The average molecular weight is 346 g/mol. The zero-order chi connectivity index (χ0) is 18.1. The van der Waals surface area contributed by atoms with Gasteiger partial charge in [0.1, 0.15) is 6.61 Å². The first-order valence-corrected chi connectivity index (χ1v) is 8.40. The molecule has 25 heavy (non-hydrogen) atoms. The molecule has 2 rings (SSSR count). The predicted octanol–water partition coefficient (Wildman–Crippen LogP) is 1.41. The maximum Gasteiger partial charge on any atom is 0.246 e. The highest BCUT2D eigenvalue weighted by molar-refractivity contribution is 5.92. The van der Waals surface area contributed by atoms with E-state index in [0.717, 1.165) is 18.7 Å². The van der Waals surface area contributed by atoms with Crippen molar-refractivity contribution in [3.8, 4) is 11.5 Å². The molecule has 0 radical (unpaired) electrons. The minimum Gasteiger partial charge on any atom is -0.493 e. The Labute approximate surface area is 148 Å². The van der Waals surface area contributed by atoms with Crippen LogP contribution >= 0.6 is 0 Å². The molecule has 1 aliphatic heterocycles. The molecule has 0 atom stereocenters. The van der Waals surface area contributed by atoms with E-state index < -0.39 is 0 Å². The van der Waals surface area contributed by atoms with Crippen molar-refractivity contribution < 1.29 is 19.4 Å². The Bertz CT molecular complexity index is 607. The summed E-state index contributed by atoms with van der Waals surface area (Å²) in [6.07, 6.45) is 5.04. The van der Waals surface area contributed by atoms with Crippen LogP contribution in [-0.4, -0.2) is 73.9 Å². The van der Waals surface area contributed by atoms with Crippen molar-refractivity contribution >= 4 is 12.0 Å². The molecule has 1 N–H and O–H groups in total. The first-order chi connectivity index (χ1) is 12.2. The number of ether oxygens (including phenoxy) is 2. The molecule has 0 aliphatic carbocycles. The highest BCUT2D eigenvalue weighted by atomic mass is 16.5. The fourth-order valence-corrected chi connectivity index (χ4v) is 2.66. The van der Waals surface area contributed by atoms with Crippen LogP contribution in [0.4, 0.5) is 0 Å². The van der Waals surface area contributed by atoms with Gasteiger partial charge in [0.25, 0.3) is 0 Å². The summed E-state index contributed by atoms with van der Waals surface area (Å²) < 4.78 is 10.8. The number of rotatable bonds is 8. The Morgan fingerprint density at radius 3 is 2.68 bits per heavy atom. The van der Waals surface area contributed by atoms with Crippen molar-refractivity contribution in [2.75, 3.05) is 53.0 Å². The lowest BCUT2D eigenvalue weighted by molar-refractivity contribution is -0.127. The average Bonchev–Trinajstić information content (AvgIpc) is 2.65. The SMILES string of the molecule is C=CCOc1ccc(/C=C/C(=O)N2CCN(CCO)CC2)cc1OC. The summed E-state index contributed by atoms with van der Waals surface area (Å²) in [5.74, 6) is 1.26. The highest BCUT2D eigenvalue weighted by Crippen LogP contribution is 2.28. The van der Waals surface area contributed by atoms with Gasteiger partial charge in [-0.2, -0.15) is 0 Å². The molecule has 136 valence electrons. The van der Waals surface area contributed by atoms with E-state index in [1.807, 2.05) is 23.1 Å². The first kappa shape index (κ1) is 19.0. The molecule has 0 aromatic heterocycles. The molecular formula is C19H26N2O4. The Morgan fingerprint density at radius 1 is 1.28 bits per heavy atom. The van der Waals surface area contributed by atoms with Crippen LogP contribution in [0.25, 0.3) is 6.08 Å². The minimum absolute atomic E-state index is 0.00500. The lowest BCUT2D eigenvalue weighted by Gasteiger charge is -2.33. The lowest BCUT2D eigenvalue weighted by atomic mass is 10.2. The van der Waals surface area contributed by atoms with Crippen LogP contribution < -0.4 is 9.47 Å². The molecule has 0 bridgehead atoms. The van der Waals surface area contributed by atoms with Crippen molar-refractivity contribution in [1.29, 1.82) is 0 Å². The smallest absolute Gasteiger partial charge is 0.246 e. The quantitative estimate of drug-likeness (QED) is 0.570. The Balaban J connectivity index is 1.94. The Hall–Kier alpha value is -2.31. The number of benzene rings is 1. The zero-order valence-electron chi connectivity index (χ0n) is 14.7. The minimum atomic E-state index is -0.00500. The molecule has 6 nitrogen and oxygen atoms in total. The maximum absolute atomic E-state index is 12.3. The number of aliphatic hydroxyl groups excluding tert-OH is 1. The van der Waals surface area contributed by atoms with Crippen molar-refractivity contribution in [1.82, 2.24) is 9.80 Å². The molecule has 1 fully saturated rings. The first-order valence-electron chi connectivity index (χ1n) is 8.40. The van der Waals surface area contributed by atoms with Crippen molar-refractivity contribution in [2.24, 2.45) is 0 Å². The van der Waals surface area contributed by atoms with Gasteiger partial charge in [-0.1, -0.05) is 18.7 Å². The number of hydrogen-bond donors (Lipinski definition) is 1. The molecule has 0 unspecified atom stereocenters. The van der Waals surface area contributed by atoms with Crippen LogP contribution in [0.15, 0.2) is 36.9 Å². The number of aliphatic hydroxyl groups is 1. The summed E-state index contributed by atoms with van der Waals surface area (Å²) in [6, 6.07) is 5.53. The Kier molecular flexibility index (Phi) is 7.50. The van der Waals surface area contributed by atoms with Crippen molar-refractivity contribution in [3.05, 3.63) is 42.5 Å². The number of β-amino-alcohol motifs (C(OH)–C–C–N with tert-alkyl or cyclic N) is 1. The van der Waals surface area contributed by atoms with E-state index in [0.29, 0.717) is 37.7 Å². The second kappa shape index (κ2) is 9.86. The van der Waals surface area contributed by atoms with Gasteiger partial charge in [-0.3, -0.25) is 9.69 Å². The second-order valence-corrected chi connectivity index (χ2v) is 5.73. The van der Waals surface area contributed by atoms with Gasteiger partial charge in [0.2, 0.25) is 5.91 Å². The third-order valence-corrected chi connectivity index (χ3v) is 4.06. The molecule has 6 heteroatoms. The molecule has 1 aliphatic rings. The number of methoxy groups -OCH3 is 1. The van der Waals surface area contributed by atoms with E-state index in [2.05, 4.69) is 11.5 Å². The zero-order valence-corrected chi connectivity index (χ0v) is 14.7. The van der Waals surface area contributed by atoms with E-state index in [4.69, 9.17) is 14.6 Å². The van der Waals surface area contributed by atoms with Crippen LogP contribution in [0.3, 0.4) is 0 Å². The largest absolute Gasteiger partial charge is 0.493 e. The number of nitrogens with zero attached hydrogens (tertiary/aromatic N) is 2. The number of hydrogen-bond acceptors (Lipinski definition) is 5. The van der Waals surface area contributed by atoms with Crippen LogP contribution in [0.2, 0.25) is 0 Å². The number of amides is 1. The van der Waals surface area contributed by atoms with Gasteiger partial charge in [-0.25, -0.2) is 0 Å². The van der Waals surface area contributed by atoms with Gasteiger partial charge in [0, 0.05) is 38.8 Å². The normalized spacial score (nSPS) is 15.4. The van der Waals surface area contributed by atoms with E-state index in [9.17, 15) is 4.79 Å². The molecular weight excluding hydrogens is 320 g/mol. The fraction of sp³-hybridized carbons (Fsp3) is 0.421. The molecule has 1 aromatic carbocycles. The van der Waals surface area contributed by atoms with E-state index in [-0.39, 0.29) is 12.5 Å². The third kappa shape index (κ3) is 5.62. The van der Waals surface area contributed by atoms with E-state index >= 15 is 0 Å². The maximum atomic E-state index is 12.3. The monoisotopic (exact) mass is 346 g/mol. The lowest BCUT2D eigenvalue weighted by Crippen LogP contribution is -2.48. The predicted molar refractivity (Wildman–Crippen MR) is 97.8 cm³/mol. The summed E-state index contributed by atoms with van der Waals surface area (Å²) in [5, 5.41) is 8.96. The summed E-state index contributed by atoms with van der Waals surface area (Å²) in [4.78, 5) is 16.3. The molecule has 0 saturated carbocycles. The summed E-state index contributed by atoms with van der Waals surface area (Å²) in [5.41, 5.74) is 0.870. The molecule has 1 heterocycles. The topological polar surface area (TPSA) is 62.2 Å². The van der Waals surface area contributed by atoms with E-state index in [1.165, 1.54) is 0 Å². The highest BCUT2D eigenvalue weighted by Gasteiger charge is 2.18. The molecule has 0 spiro atoms. The molecule has 1 amide bonds. The Morgan fingerprint density at radius 2 is 2.04 bits per heavy atom. The summed E-state index contributed by atoms with van der Waals surface area (Å²) in [6.45, 7) is 7.80. The summed E-state index contributed by atoms with van der Waals surface area (Å²) >= 11 is 0. The fourth-order valence-electron chi connectivity index (χ4n) is 2.66. The van der Waals surface area contributed by atoms with Crippen molar-refractivity contribution in [2.45, 2.75) is 0 Å². The van der Waals surface area contributed by atoms with Crippen LogP contribution in [-0.2, 0) is 4.79 Å². The van der Waals surface area contributed by atoms with Gasteiger partial charge in [0.15, 0.2) is 11.5 Å². The van der Waals surface area contributed by atoms with Crippen LogP contribution in [0.1, 0.15) is 5.56 Å². The van der Waals surface area contributed by atoms with Gasteiger partial charge in [-0.15, -0.1) is 0 Å². The summed E-state index contributed by atoms with van der Waals surface area (Å²) in [7, 11) is 1.58. The molecule has 1 aromatic rings. The number of piperazine rings is 1. The van der Waals surface area contributed by atoms with Crippen LogP contribution in [0, 0.1) is 0 Å². The van der Waals surface area contributed by atoms with Crippen molar-refractivity contribution in [3.63, 3.8) is 0 Å². The van der Waals surface area contributed by atoms with Gasteiger partial charge >= 0.3 is 0 Å². The van der Waals surface area contributed by atoms with Gasteiger partial charge in [0.05, 0.1) is 13.7 Å². The van der Waals surface area contributed by atoms with Crippen LogP contribution in [0.5, 0.6) is 11.5 Å².